The fourth-order valence-electron chi connectivity index (χ4n) is 2.15. The zero-order valence-corrected chi connectivity index (χ0v) is 11.2. The molecule has 0 aromatic heterocycles. The maximum Gasteiger partial charge on any atom is 0.129 e. The zero-order valence-electron chi connectivity index (χ0n) is 11.2. The molecule has 0 aliphatic carbocycles. The number of benzene rings is 2. The number of hydrogen-bond acceptors (Lipinski definition) is 2. The molecule has 0 saturated carbocycles. The maximum absolute atomic E-state index is 5.69. The van der Waals surface area contributed by atoms with Gasteiger partial charge in [-0.3, -0.25) is 0 Å². The number of hydrogen-bond donors (Lipinski definition) is 1. The molecular weight excluding hydrogens is 222 g/mol. The van der Waals surface area contributed by atoms with Crippen molar-refractivity contribution in [2.24, 2.45) is 5.73 Å². The Bertz CT molecular complexity index is 561. The fraction of sp³-hybridized carbons (Fsp3) is 0.250. The predicted molar refractivity (Wildman–Crippen MR) is 75.8 cm³/mol. The molecule has 0 radical (unpaired) electrons. The van der Waals surface area contributed by atoms with Gasteiger partial charge in [0, 0.05) is 12.1 Å². The smallest absolute Gasteiger partial charge is 0.129 e. The number of nitrogens with two attached hydrogens (primary N) is 1. The number of methoxy groups -OCH3 is 1. The average Bonchev–Trinajstić information content (AvgIpc) is 2.41. The summed E-state index contributed by atoms with van der Waals surface area (Å²) in [7, 11) is 1.72. The summed E-state index contributed by atoms with van der Waals surface area (Å²) in [5.41, 5.74) is 11.5. The van der Waals surface area contributed by atoms with E-state index in [9.17, 15) is 0 Å². The van der Waals surface area contributed by atoms with Crippen LogP contribution in [-0.4, -0.2) is 7.11 Å². The monoisotopic (exact) mass is 241 g/mol. The minimum absolute atomic E-state index is 0.557. The molecule has 0 unspecified atom stereocenters. The number of aryl methyl sites for hydroxylation is 1. The van der Waals surface area contributed by atoms with Gasteiger partial charge >= 0.3 is 0 Å². The molecule has 18 heavy (non-hydrogen) atoms. The van der Waals surface area contributed by atoms with Crippen LogP contribution in [0.2, 0.25) is 0 Å². The Kier molecular flexibility index (Phi) is 3.68. The molecule has 2 nitrogen and oxygen atoms in total. The van der Waals surface area contributed by atoms with E-state index in [1.165, 1.54) is 11.1 Å². The highest BCUT2D eigenvalue weighted by Gasteiger charge is 2.10. The summed E-state index contributed by atoms with van der Waals surface area (Å²) in [5.74, 6) is 0.948. The van der Waals surface area contributed by atoms with Gasteiger partial charge in [-0.15, -0.1) is 0 Å². The van der Waals surface area contributed by atoms with Crippen LogP contribution in [0.25, 0.3) is 11.1 Å². The predicted octanol–water partition coefficient (Wildman–Crippen LogP) is 3.44. The highest BCUT2D eigenvalue weighted by atomic mass is 16.5. The third-order valence-corrected chi connectivity index (χ3v) is 3.35. The quantitative estimate of drug-likeness (QED) is 0.893. The summed E-state index contributed by atoms with van der Waals surface area (Å²) in [6.07, 6.45) is 0. The van der Waals surface area contributed by atoms with Crippen molar-refractivity contribution < 1.29 is 4.74 Å². The minimum Gasteiger partial charge on any atom is -0.496 e. The van der Waals surface area contributed by atoms with Crippen LogP contribution in [0.4, 0.5) is 0 Å². The molecular formula is C16H19NO. The largest absolute Gasteiger partial charge is 0.496 e. The van der Waals surface area contributed by atoms with Gasteiger partial charge in [-0.2, -0.15) is 0 Å². The lowest BCUT2D eigenvalue weighted by molar-refractivity contribution is 0.413. The summed E-state index contributed by atoms with van der Waals surface area (Å²) in [5, 5.41) is 0. The van der Waals surface area contributed by atoms with Gasteiger partial charge in [-0.1, -0.05) is 30.3 Å². The standard InChI is InChI=1S/C16H19NO/c1-11-7-8-15(16(18-3)12(11)2)14-6-4-5-13(9-14)10-17/h4-9H,10,17H2,1-3H3. The molecule has 0 spiro atoms. The van der Waals surface area contributed by atoms with E-state index in [1.807, 2.05) is 12.1 Å². The van der Waals surface area contributed by atoms with E-state index in [4.69, 9.17) is 10.5 Å². The van der Waals surface area contributed by atoms with Gasteiger partial charge in [0.05, 0.1) is 7.11 Å². The van der Waals surface area contributed by atoms with Crippen LogP contribution in [-0.2, 0) is 6.54 Å². The Balaban J connectivity index is 2.59. The molecule has 2 rings (SSSR count). The SMILES string of the molecule is COc1c(-c2cccc(CN)c2)ccc(C)c1C. The topological polar surface area (TPSA) is 35.2 Å². The Hall–Kier alpha value is -1.80. The van der Waals surface area contributed by atoms with Crippen molar-refractivity contribution >= 4 is 0 Å². The summed E-state index contributed by atoms with van der Waals surface area (Å²) >= 11 is 0. The molecule has 0 bridgehead atoms. The van der Waals surface area contributed by atoms with Crippen LogP contribution in [0.3, 0.4) is 0 Å². The van der Waals surface area contributed by atoms with Gasteiger partial charge in [0.1, 0.15) is 5.75 Å². The molecule has 0 atom stereocenters. The second kappa shape index (κ2) is 5.23. The van der Waals surface area contributed by atoms with Gasteiger partial charge in [0.25, 0.3) is 0 Å². The highest BCUT2D eigenvalue weighted by molar-refractivity contribution is 5.73. The molecule has 0 saturated heterocycles. The van der Waals surface area contributed by atoms with Crippen molar-refractivity contribution in [1.82, 2.24) is 0 Å². The van der Waals surface area contributed by atoms with Crippen molar-refractivity contribution in [3.8, 4) is 16.9 Å². The molecule has 0 aliphatic rings. The first-order chi connectivity index (χ1) is 8.67. The van der Waals surface area contributed by atoms with E-state index in [-0.39, 0.29) is 0 Å². The van der Waals surface area contributed by atoms with Gasteiger partial charge in [0.2, 0.25) is 0 Å². The molecule has 2 aromatic rings. The number of rotatable bonds is 3. The van der Waals surface area contributed by atoms with Crippen molar-refractivity contribution in [3.05, 3.63) is 53.1 Å². The number of ether oxygens (including phenoxy) is 1. The minimum atomic E-state index is 0.557. The normalized spacial score (nSPS) is 10.4. The molecule has 0 amide bonds. The van der Waals surface area contributed by atoms with Crippen LogP contribution in [0.1, 0.15) is 16.7 Å². The lowest BCUT2D eigenvalue weighted by Crippen LogP contribution is -1.97. The second-order valence-corrected chi connectivity index (χ2v) is 4.49. The molecule has 0 aliphatic heterocycles. The molecule has 2 N–H and O–H groups in total. The van der Waals surface area contributed by atoms with Gasteiger partial charge in [-0.25, -0.2) is 0 Å². The first kappa shape index (κ1) is 12.7. The van der Waals surface area contributed by atoms with E-state index in [0.717, 1.165) is 22.4 Å². The van der Waals surface area contributed by atoms with Crippen molar-refractivity contribution in [2.75, 3.05) is 7.11 Å². The van der Waals surface area contributed by atoms with Crippen LogP contribution < -0.4 is 10.5 Å². The highest BCUT2D eigenvalue weighted by Crippen LogP contribution is 2.34. The summed E-state index contributed by atoms with van der Waals surface area (Å²) in [6, 6.07) is 12.5. The average molecular weight is 241 g/mol. The van der Waals surface area contributed by atoms with Crippen LogP contribution >= 0.6 is 0 Å². The summed E-state index contributed by atoms with van der Waals surface area (Å²) in [4.78, 5) is 0. The van der Waals surface area contributed by atoms with E-state index in [0.29, 0.717) is 6.54 Å². The molecule has 2 heteroatoms. The van der Waals surface area contributed by atoms with Crippen LogP contribution in [0.15, 0.2) is 36.4 Å². The Labute approximate surface area is 108 Å². The third kappa shape index (κ3) is 2.24. The zero-order chi connectivity index (χ0) is 13.1. The van der Waals surface area contributed by atoms with E-state index in [1.54, 1.807) is 7.11 Å². The summed E-state index contributed by atoms with van der Waals surface area (Å²) in [6.45, 7) is 4.74. The Morgan fingerprint density at radius 1 is 1.11 bits per heavy atom. The van der Waals surface area contributed by atoms with Gasteiger partial charge in [-0.05, 0) is 42.2 Å². The first-order valence-electron chi connectivity index (χ1n) is 6.11. The lowest BCUT2D eigenvalue weighted by atomic mass is 9.97. The molecule has 0 fully saturated rings. The Morgan fingerprint density at radius 2 is 1.89 bits per heavy atom. The molecule has 94 valence electrons. The van der Waals surface area contributed by atoms with E-state index in [2.05, 4.69) is 38.1 Å². The van der Waals surface area contributed by atoms with Crippen LogP contribution in [0, 0.1) is 13.8 Å². The van der Waals surface area contributed by atoms with Gasteiger partial charge < -0.3 is 10.5 Å². The van der Waals surface area contributed by atoms with Crippen LogP contribution in [0.5, 0.6) is 5.75 Å². The molecule has 2 aromatic carbocycles. The second-order valence-electron chi connectivity index (χ2n) is 4.49. The fourth-order valence-corrected chi connectivity index (χ4v) is 2.15. The lowest BCUT2D eigenvalue weighted by Gasteiger charge is -2.14. The molecule has 0 heterocycles. The Morgan fingerprint density at radius 3 is 2.56 bits per heavy atom. The first-order valence-corrected chi connectivity index (χ1v) is 6.11. The van der Waals surface area contributed by atoms with Crippen molar-refractivity contribution in [1.29, 1.82) is 0 Å². The van der Waals surface area contributed by atoms with Gasteiger partial charge in [0.15, 0.2) is 0 Å². The third-order valence-electron chi connectivity index (χ3n) is 3.35. The van der Waals surface area contributed by atoms with E-state index >= 15 is 0 Å². The van der Waals surface area contributed by atoms with Crippen molar-refractivity contribution in [3.63, 3.8) is 0 Å². The summed E-state index contributed by atoms with van der Waals surface area (Å²) < 4.78 is 5.55. The van der Waals surface area contributed by atoms with E-state index < -0.39 is 0 Å². The van der Waals surface area contributed by atoms with Crippen molar-refractivity contribution in [2.45, 2.75) is 20.4 Å². The maximum atomic E-state index is 5.69.